The minimum absolute atomic E-state index is 0.00989. The zero-order valence-corrected chi connectivity index (χ0v) is 41.7. The van der Waals surface area contributed by atoms with Gasteiger partial charge in [-0.3, -0.25) is 4.79 Å². The SMILES string of the molecule is CCC(C)[C@H]1O[C@]2(C=C[C@@H]1C)C[C@@H]1C[C@@H](C/C=C(\C)[C@@H](O[C@H]3C[C@H](OC)[C@@H](O[C@H]4C[C@H](OC)[C@@H](OS(=O)(=O)NC)[C@H](C)O4)[C@H](C)O3)[C@@H](C)/C=C/C=C3\CO[C@@H]4[C@H](O)C(C)=C[C@@H](C(=O)O1)[C@]34O)O2. The van der Waals surface area contributed by atoms with Crippen molar-refractivity contribution < 1.29 is 75.0 Å². The number of aliphatic hydroxyl groups excluding tert-OH is 1. The van der Waals surface area contributed by atoms with Gasteiger partial charge < -0.3 is 57.6 Å². The normalized spacial score (nSPS) is 46.6. The molecule has 17 nitrogen and oxygen atoms in total. The summed E-state index contributed by atoms with van der Waals surface area (Å²) in [5.74, 6) is -2.70. The van der Waals surface area contributed by atoms with E-state index in [1.807, 2.05) is 39.0 Å². The van der Waals surface area contributed by atoms with E-state index in [4.69, 9.17) is 51.6 Å². The first-order valence-electron chi connectivity index (χ1n) is 24.0. The number of aliphatic hydroxyl groups is 2. The predicted octanol–water partition coefficient (Wildman–Crippen LogP) is 4.87. The molecule has 7 rings (SSSR count). The molecule has 20 atom stereocenters. The van der Waals surface area contributed by atoms with E-state index in [2.05, 4.69) is 37.6 Å². The average molecular weight is 966 g/mol. The van der Waals surface area contributed by atoms with Gasteiger partial charge in [0, 0.05) is 58.8 Å². The molecule has 4 saturated heterocycles. The maximum atomic E-state index is 14.4. The third-order valence-corrected chi connectivity index (χ3v) is 15.9. The maximum Gasteiger partial charge on any atom is 0.336 e. The Balaban J connectivity index is 1.15. The molecule has 2 bridgehead atoms. The van der Waals surface area contributed by atoms with E-state index in [1.165, 1.54) is 14.2 Å². The second kappa shape index (κ2) is 21.5. The molecular weight excluding hydrogens is 891 g/mol. The van der Waals surface area contributed by atoms with Crippen LogP contribution in [0.3, 0.4) is 0 Å². The smallest absolute Gasteiger partial charge is 0.336 e. The molecule has 3 N–H and O–H groups in total. The van der Waals surface area contributed by atoms with Crippen LogP contribution in [0.4, 0.5) is 0 Å². The van der Waals surface area contributed by atoms with Crippen LogP contribution in [0.1, 0.15) is 93.9 Å². The van der Waals surface area contributed by atoms with Crippen molar-refractivity contribution in [2.24, 2.45) is 23.7 Å². The van der Waals surface area contributed by atoms with Crippen LogP contribution in [0, 0.1) is 23.7 Å². The number of ether oxygens (including phenoxy) is 10. The van der Waals surface area contributed by atoms with Gasteiger partial charge in [0.15, 0.2) is 18.4 Å². The highest BCUT2D eigenvalue weighted by Crippen LogP contribution is 2.47. The molecular formula is C49H75NO16S. The molecule has 4 fully saturated rings. The van der Waals surface area contributed by atoms with Gasteiger partial charge in [0.2, 0.25) is 0 Å². The average Bonchev–Trinajstić information content (AvgIpc) is 3.63. The van der Waals surface area contributed by atoms with Crippen LogP contribution >= 0.6 is 0 Å². The van der Waals surface area contributed by atoms with E-state index in [9.17, 15) is 23.4 Å². The summed E-state index contributed by atoms with van der Waals surface area (Å²) in [5, 5.41) is 23.8. The molecule has 1 aliphatic carbocycles. The molecule has 0 amide bonds. The highest BCUT2D eigenvalue weighted by atomic mass is 32.2. The number of methoxy groups -OCH3 is 2. The summed E-state index contributed by atoms with van der Waals surface area (Å²) in [6, 6.07) is 0. The number of allylic oxidation sites excluding steroid dienone is 2. The van der Waals surface area contributed by atoms with Crippen LogP contribution < -0.4 is 4.72 Å². The number of fused-ring (bicyclic) bond motifs is 2. The summed E-state index contributed by atoms with van der Waals surface area (Å²) < 4.78 is 96.0. The van der Waals surface area contributed by atoms with Gasteiger partial charge in [-0.25, -0.2) is 4.18 Å². The highest BCUT2D eigenvalue weighted by Gasteiger charge is 2.60. The fourth-order valence-electron chi connectivity index (χ4n) is 10.9. The fourth-order valence-corrected chi connectivity index (χ4v) is 11.5. The monoisotopic (exact) mass is 965 g/mol. The minimum atomic E-state index is -4.01. The van der Waals surface area contributed by atoms with E-state index >= 15 is 0 Å². The van der Waals surface area contributed by atoms with E-state index in [0.717, 1.165) is 12.0 Å². The Kier molecular flexibility index (Phi) is 16.8. The molecule has 1 spiro atoms. The Bertz CT molecular complexity index is 2010. The third-order valence-electron chi connectivity index (χ3n) is 15.0. The lowest BCUT2D eigenvalue weighted by Crippen LogP contribution is -2.58. The van der Waals surface area contributed by atoms with Crippen molar-refractivity contribution in [1.82, 2.24) is 4.72 Å². The van der Waals surface area contributed by atoms with Gasteiger partial charge in [0.25, 0.3) is 0 Å². The number of rotatable bonds is 11. The second-order valence-electron chi connectivity index (χ2n) is 19.7. The molecule has 6 aliphatic heterocycles. The zero-order chi connectivity index (χ0) is 48.6. The Morgan fingerprint density at radius 3 is 2.25 bits per heavy atom. The van der Waals surface area contributed by atoms with Gasteiger partial charge >= 0.3 is 16.3 Å². The first-order chi connectivity index (χ1) is 31.7. The van der Waals surface area contributed by atoms with Gasteiger partial charge in [-0.05, 0) is 62.8 Å². The van der Waals surface area contributed by atoms with Crippen LogP contribution in [0.25, 0.3) is 0 Å². The second-order valence-corrected chi connectivity index (χ2v) is 21.2. The van der Waals surface area contributed by atoms with Crippen LogP contribution in [0.2, 0.25) is 0 Å². The number of hydrogen-bond acceptors (Lipinski definition) is 16. The molecule has 6 heterocycles. The lowest BCUT2D eigenvalue weighted by molar-refractivity contribution is -0.317. The number of hydrogen-bond donors (Lipinski definition) is 3. The van der Waals surface area contributed by atoms with Crippen molar-refractivity contribution in [2.75, 3.05) is 27.9 Å². The molecule has 0 aromatic heterocycles. The quantitative estimate of drug-likeness (QED) is 0.187. The summed E-state index contributed by atoms with van der Waals surface area (Å²) in [5.41, 5.74) is 0.0381. The van der Waals surface area contributed by atoms with Crippen LogP contribution in [-0.4, -0.2) is 150 Å². The zero-order valence-electron chi connectivity index (χ0n) is 40.9. The molecule has 0 aromatic carbocycles. The first kappa shape index (κ1) is 52.4. The first-order valence-corrected chi connectivity index (χ1v) is 25.4. The predicted molar refractivity (Wildman–Crippen MR) is 244 cm³/mol. The number of carbonyl (C=O) groups excluding carboxylic acids is 1. The standard InChI is InChI=1S/C49H75NO16S/c1-12-26(2)43-29(5)18-19-48(65-43)24-35-21-34(64-48)17-16-28(4)42(27(3)14-13-15-33-25-58-46-41(51)30(6)20-36(47(52)61-35)49(33,46)53)62-39-22-37(56-10)44(31(7)59-39)63-40-23-38(57-11)45(32(8)60-40)66-67(54,55)50-9/h13-16,18-20,26-27,29,31-32,34-46,50-51,53H,12,17,21-25H2,1-11H3/b14-13+,28-16+,33-15+/t26?,27-,29-,31-,32-,34+,35-,36-,37-,38-,39-,40-,41+,42-,43+,44-,45-,46+,48+,49+/m0/s1. The van der Waals surface area contributed by atoms with Crippen molar-refractivity contribution >= 4 is 16.3 Å². The molecule has 0 aromatic rings. The van der Waals surface area contributed by atoms with Crippen molar-refractivity contribution in [3.8, 4) is 0 Å². The van der Waals surface area contributed by atoms with Crippen molar-refractivity contribution in [2.45, 2.75) is 191 Å². The number of esters is 1. The number of carbonyl (C=O) groups is 1. The molecule has 18 heteroatoms. The maximum absolute atomic E-state index is 14.4. The molecule has 0 radical (unpaired) electrons. The van der Waals surface area contributed by atoms with Crippen molar-refractivity contribution in [3.05, 3.63) is 59.3 Å². The van der Waals surface area contributed by atoms with Crippen LogP contribution in [0.15, 0.2) is 59.3 Å². The summed E-state index contributed by atoms with van der Waals surface area (Å²) in [6.45, 7) is 15.8. The van der Waals surface area contributed by atoms with E-state index in [0.29, 0.717) is 30.4 Å². The molecule has 67 heavy (non-hydrogen) atoms. The van der Waals surface area contributed by atoms with E-state index in [-0.39, 0.29) is 43.3 Å². The lowest BCUT2D eigenvalue weighted by atomic mass is 9.71. The molecule has 1 unspecified atom stereocenters. The van der Waals surface area contributed by atoms with E-state index in [1.54, 1.807) is 33.1 Å². The van der Waals surface area contributed by atoms with Gasteiger partial charge in [0.1, 0.15) is 42.0 Å². The molecule has 378 valence electrons. The Labute approximate surface area is 396 Å². The van der Waals surface area contributed by atoms with Crippen molar-refractivity contribution in [1.29, 1.82) is 0 Å². The summed E-state index contributed by atoms with van der Waals surface area (Å²) in [7, 11) is 0.359. The van der Waals surface area contributed by atoms with Gasteiger partial charge in [-0.2, -0.15) is 13.1 Å². The largest absolute Gasteiger partial charge is 0.462 e. The molecule has 7 aliphatic rings. The minimum Gasteiger partial charge on any atom is -0.462 e. The van der Waals surface area contributed by atoms with Gasteiger partial charge in [-0.1, -0.05) is 70.6 Å². The topological polar surface area (TPSA) is 205 Å². The van der Waals surface area contributed by atoms with Crippen molar-refractivity contribution in [3.63, 3.8) is 0 Å². The lowest BCUT2D eigenvalue weighted by Gasteiger charge is -2.48. The number of nitrogens with one attached hydrogen (secondary N) is 1. The Morgan fingerprint density at radius 1 is 0.910 bits per heavy atom. The van der Waals surface area contributed by atoms with Crippen LogP contribution in [-0.2, 0) is 66.7 Å². The van der Waals surface area contributed by atoms with E-state index < -0.39 is 113 Å². The Hall–Kier alpha value is -2.40. The summed E-state index contributed by atoms with van der Waals surface area (Å²) >= 11 is 0. The van der Waals surface area contributed by atoms with Gasteiger partial charge in [-0.15, -0.1) is 0 Å². The third kappa shape index (κ3) is 11.2. The van der Waals surface area contributed by atoms with Gasteiger partial charge in [0.05, 0.1) is 49.3 Å². The Morgan fingerprint density at radius 2 is 1.58 bits per heavy atom. The summed E-state index contributed by atoms with van der Waals surface area (Å²) in [4.78, 5) is 14.4. The summed E-state index contributed by atoms with van der Waals surface area (Å²) in [6.07, 6.45) is 6.88. The molecule has 0 saturated carbocycles. The highest BCUT2D eigenvalue weighted by molar-refractivity contribution is 7.84. The van der Waals surface area contributed by atoms with Crippen LogP contribution in [0.5, 0.6) is 0 Å². The fraction of sp³-hybridized carbons (Fsp3) is 0.776.